The van der Waals surface area contributed by atoms with Gasteiger partial charge in [-0.15, -0.1) is 0 Å². The number of allylic oxidation sites excluding steroid dienone is 3. The molecule has 4 rings (SSSR count). The third-order valence-electron chi connectivity index (χ3n) is 10.9. The topological polar surface area (TPSA) is 202 Å². The molecule has 3 aliphatic rings. The lowest BCUT2D eigenvalue weighted by molar-refractivity contribution is -0.159. The highest BCUT2D eigenvalue weighted by atomic mass is 35.5. The molecular weight excluding hydrogens is 780 g/mol. The van der Waals surface area contributed by atoms with Crippen molar-refractivity contribution in [3.8, 4) is 5.75 Å². The largest absolute Gasteiger partial charge is 0.495 e. The van der Waals surface area contributed by atoms with E-state index in [2.05, 4.69) is 10.2 Å². The molecule has 2 amide bonds. The predicted octanol–water partition coefficient (Wildman–Crippen LogP) is 2.93. The van der Waals surface area contributed by atoms with Crippen molar-refractivity contribution in [3.63, 3.8) is 0 Å². The number of methoxy groups -OCH3 is 2. The van der Waals surface area contributed by atoms with Crippen LogP contribution in [-0.2, 0) is 54.0 Å². The monoisotopic (exact) mass is 840 g/mol. The number of ether oxygens (including phenoxy) is 8. The number of alkyl carbamates (subject to hydrolysis) is 1. The van der Waals surface area contributed by atoms with Gasteiger partial charge in [-0.2, -0.15) is 0 Å². The van der Waals surface area contributed by atoms with Gasteiger partial charge >= 0.3 is 12.1 Å². The zero-order valence-corrected chi connectivity index (χ0v) is 35.6. The molecule has 326 valence electrons. The van der Waals surface area contributed by atoms with Crippen LogP contribution in [0.2, 0.25) is 5.02 Å². The quantitative estimate of drug-likeness (QED) is 0.0894. The van der Waals surface area contributed by atoms with Crippen molar-refractivity contribution >= 4 is 35.3 Å². The molecule has 0 saturated carbocycles. The Balaban J connectivity index is 1.55. The highest BCUT2D eigenvalue weighted by molar-refractivity contribution is 6.35. The summed E-state index contributed by atoms with van der Waals surface area (Å²) in [4.78, 5) is 48.6. The Morgan fingerprint density at radius 3 is 2.41 bits per heavy atom. The van der Waals surface area contributed by atoms with E-state index >= 15 is 0 Å². The molecule has 1 aromatic rings. The van der Waals surface area contributed by atoms with Gasteiger partial charge in [0, 0.05) is 33.0 Å². The molecule has 2 saturated heterocycles. The number of benzene rings is 1. The van der Waals surface area contributed by atoms with Gasteiger partial charge in [0.2, 0.25) is 5.91 Å². The van der Waals surface area contributed by atoms with Crippen molar-refractivity contribution in [2.24, 2.45) is 11.8 Å². The van der Waals surface area contributed by atoms with Crippen LogP contribution >= 0.6 is 11.6 Å². The molecular formula is C40H61ClN4O13. The van der Waals surface area contributed by atoms with E-state index in [0.717, 1.165) is 11.1 Å². The van der Waals surface area contributed by atoms with Crippen molar-refractivity contribution < 1.29 is 62.2 Å². The van der Waals surface area contributed by atoms with E-state index in [1.165, 1.54) is 19.1 Å². The number of carbonyl (C=O) groups excluding carboxylic acids is 3. The van der Waals surface area contributed by atoms with E-state index in [9.17, 15) is 19.5 Å². The third kappa shape index (κ3) is 12.3. The minimum absolute atomic E-state index is 0.0346. The third-order valence-corrected chi connectivity index (χ3v) is 11.3. The lowest BCUT2D eigenvalue weighted by atomic mass is 9.83. The number of amides is 2. The number of likely N-dealkylation sites (N-methyl/N-ethyl adjacent to an activating group) is 1. The Hall–Kier alpha value is -3.36. The molecule has 3 heterocycles. The van der Waals surface area contributed by atoms with Crippen molar-refractivity contribution in [1.29, 1.82) is 0 Å². The average Bonchev–Trinajstić information content (AvgIpc) is 3.89. The van der Waals surface area contributed by atoms with Gasteiger partial charge < -0.3 is 52.7 Å². The van der Waals surface area contributed by atoms with Gasteiger partial charge in [-0.05, 0) is 51.9 Å². The number of aliphatic hydroxyl groups is 1. The number of anilines is 1. The standard InChI is InChI=1S/C40H61ClN4O13/c1-25-10-9-11-32(51-8)40(49)24-31(56-38(48)43-40)26(2)36-39(4,58-36)33(23-34(46)45(6)29-21-28(20-25)22-30(50-7)35(29)41)57-37(47)27(3)44(5)12-13-52-14-15-53-16-17-54-18-19-55-42/h9-11,21-22,26-27,31-33,36,49H,12-20,23-24,42H2,1-8H3,(H,43,48)/b11-9+,25-10+/t26-,27?,31?,32-,33?,36+,39+,40+/m1/s1. The van der Waals surface area contributed by atoms with Gasteiger partial charge in [0.1, 0.15) is 40.7 Å². The van der Waals surface area contributed by atoms with Crippen molar-refractivity contribution in [2.75, 3.05) is 86.0 Å². The number of hydrogen-bond acceptors (Lipinski definition) is 15. The zero-order valence-electron chi connectivity index (χ0n) is 34.8. The fourth-order valence-corrected chi connectivity index (χ4v) is 7.39. The highest BCUT2D eigenvalue weighted by Crippen LogP contribution is 2.49. The Bertz CT molecular complexity index is 1620. The zero-order chi connectivity index (χ0) is 42.6. The van der Waals surface area contributed by atoms with Crippen LogP contribution in [0, 0.1) is 5.92 Å². The summed E-state index contributed by atoms with van der Waals surface area (Å²) in [5.41, 5.74) is -0.812. The molecule has 58 heavy (non-hydrogen) atoms. The summed E-state index contributed by atoms with van der Waals surface area (Å²) < 4.78 is 45.9. The molecule has 2 fully saturated rings. The summed E-state index contributed by atoms with van der Waals surface area (Å²) in [6.45, 7) is 10.2. The van der Waals surface area contributed by atoms with Crippen LogP contribution in [-0.4, -0.2) is 151 Å². The summed E-state index contributed by atoms with van der Waals surface area (Å²) in [6.07, 6.45) is 1.19. The number of epoxide rings is 1. The molecule has 4 bridgehead atoms. The number of halogens is 1. The maximum atomic E-state index is 14.2. The first kappa shape index (κ1) is 47.3. The molecule has 0 aliphatic carbocycles. The molecule has 0 radical (unpaired) electrons. The van der Waals surface area contributed by atoms with E-state index in [4.69, 9.17) is 55.4 Å². The molecule has 3 unspecified atom stereocenters. The lowest BCUT2D eigenvalue weighted by Gasteiger charge is -2.42. The van der Waals surface area contributed by atoms with Crippen LogP contribution in [0.3, 0.4) is 0 Å². The second kappa shape index (κ2) is 21.8. The Morgan fingerprint density at radius 2 is 1.78 bits per heavy atom. The van der Waals surface area contributed by atoms with Gasteiger partial charge in [-0.3, -0.25) is 19.8 Å². The highest BCUT2D eigenvalue weighted by Gasteiger charge is 2.64. The maximum Gasteiger partial charge on any atom is 0.409 e. The molecule has 18 heteroatoms. The molecule has 0 aromatic heterocycles. The average molecular weight is 841 g/mol. The van der Waals surface area contributed by atoms with Crippen LogP contribution in [0.4, 0.5) is 10.5 Å². The van der Waals surface area contributed by atoms with Gasteiger partial charge in [0.25, 0.3) is 0 Å². The second-order valence-electron chi connectivity index (χ2n) is 15.1. The fourth-order valence-electron chi connectivity index (χ4n) is 7.08. The van der Waals surface area contributed by atoms with Crippen LogP contribution in [0.5, 0.6) is 5.75 Å². The summed E-state index contributed by atoms with van der Waals surface area (Å²) in [5.74, 6) is 3.87. The van der Waals surface area contributed by atoms with E-state index < -0.39 is 65.7 Å². The van der Waals surface area contributed by atoms with E-state index in [1.54, 1.807) is 51.1 Å². The fraction of sp³-hybridized carbons (Fsp3) is 0.675. The SMILES string of the molecule is COc1cc2cc(c1Cl)N(C)C(=O)CC(OC(=O)C(C)N(C)CCOCCOCCOCCON)[C@]1(C)O[C@H]1[C@H](C)C1C[C@@](O)(NC(=O)O1)[C@H](OC)/C=C/C=C(\C)C2. The van der Waals surface area contributed by atoms with Gasteiger partial charge in [-0.1, -0.05) is 42.3 Å². The smallest absolute Gasteiger partial charge is 0.409 e. The molecule has 17 nitrogen and oxygen atoms in total. The molecule has 1 aromatic carbocycles. The summed E-state index contributed by atoms with van der Waals surface area (Å²) in [7, 11) is 6.31. The number of hydrogen-bond donors (Lipinski definition) is 3. The van der Waals surface area contributed by atoms with Crippen molar-refractivity contribution in [3.05, 3.63) is 46.5 Å². The number of nitrogens with one attached hydrogen (secondary N) is 1. The van der Waals surface area contributed by atoms with Crippen molar-refractivity contribution in [2.45, 2.75) is 88.7 Å². The number of nitrogens with two attached hydrogens (primary N) is 1. The number of rotatable bonds is 17. The van der Waals surface area contributed by atoms with Gasteiger partial charge in [0.05, 0.1) is 71.6 Å². The predicted molar refractivity (Wildman–Crippen MR) is 213 cm³/mol. The van der Waals surface area contributed by atoms with E-state index in [0.29, 0.717) is 70.7 Å². The molecule has 3 aliphatic heterocycles. The van der Waals surface area contributed by atoms with Crippen LogP contribution in [0.1, 0.15) is 46.1 Å². The molecule has 4 N–H and O–H groups in total. The maximum absolute atomic E-state index is 14.2. The normalized spacial score (nSPS) is 29.8. The summed E-state index contributed by atoms with van der Waals surface area (Å²) in [5, 5.41) is 14.5. The number of carbonyl (C=O) groups is 3. The van der Waals surface area contributed by atoms with Crippen LogP contribution in [0.15, 0.2) is 35.9 Å². The van der Waals surface area contributed by atoms with E-state index in [-0.39, 0.29) is 17.9 Å². The first-order valence-corrected chi connectivity index (χ1v) is 19.8. The summed E-state index contributed by atoms with van der Waals surface area (Å²) in [6, 6.07) is 2.90. The van der Waals surface area contributed by atoms with Crippen LogP contribution < -0.4 is 20.9 Å². The Morgan fingerprint density at radius 1 is 1.12 bits per heavy atom. The number of nitrogens with zero attached hydrogens (tertiary/aromatic N) is 2. The summed E-state index contributed by atoms with van der Waals surface area (Å²) >= 11 is 6.79. The first-order valence-electron chi connectivity index (χ1n) is 19.4. The molecule has 8 atom stereocenters. The van der Waals surface area contributed by atoms with Gasteiger partial charge in [0.15, 0.2) is 5.72 Å². The molecule has 0 spiro atoms. The minimum Gasteiger partial charge on any atom is -0.495 e. The number of fused-ring (bicyclic) bond motifs is 5. The van der Waals surface area contributed by atoms with Crippen LogP contribution in [0.25, 0.3) is 0 Å². The van der Waals surface area contributed by atoms with E-state index in [1.807, 2.05) is 26.0 Å². The van der Waals surface area contributed by atoms with Crippen molar-refractivity contribution in [1.82, 2.24) is 10.2 Å². The first-order chi connectivity index (χ1) is 27.6. The lowest BCUT2D eigenvalue weighted by Crippen LogP contribution is -2.63. The minimum atomic E-state index is -1.81. The Labute approximate surface area is 345 Å². The Kier molecular flexibility index (Phi) is 17.8. The van der Waals surface area contributed by atoms with Gasteiger partial charge in [-0.25, -0.2) is 10.7 Å². The second-order valence-corrected chi connectivity index (χ2v) is 15.5. The number of esters is 1.